The molecular weight excluding hydrogens is 268 g/mol. The Morgan fingerprint density at radius 1 is 1.40 bits per heavy atom. The highest BCUT2D eigenvalue weighted by Crippen LogP contribution is 2.19. The predicted molar refractivity (Wildman–Crippen MR) is 88.7 cm³/mol. The fourth-order valence-corrected chi connectivity index (χ4v) is 2.23. The van der Waals surface area contributed by atoms with Crippen LogP contribution in [0.25, 0.3) is 0 Å². The predicted octanol–water partition coefficient (Wildman–Crippen LogP) is 2.63. The molecule has 1 unspecified atom stereocenters. The first-order valence-electron chi connectivity index (χ1n) is 6.86. The van der Waals surface area contributed by atoms with E-state index < -0.39 is 0 Å². The van der Waals surface area contributed by atoms with Gasteiger partial charge >= 0.3 is 0 Å². The number of unbranched alkanes of at least 4 members (excludes halogenated alkanes) is 1. The number of para-hydroxylation sites is 1. The van der Waals surface area contributed by atoms with Crippen LogP contribution in [0.5, 0.6) is 0 Å². The van der Waals surface area contributed by atoms with Gasteiger partial charge in [-0.05, 0) is 24.6 Å². The summed E-state index contributed by atoms with van der Waals surface area (Å²) in [6.45, 7) is 3.04. The number of thiocarbonyl (C=S) groups is 1. The van der Waals surface area contributed by atoms with Crippen molar-refractivity contribution in [3.63, 3.8) is 0 Å². The molecule has 0 saturated carbocycles. The van der Waals surface area contributed by atoms with Crippen LogP contribution < -0.4 is 16.1 Å². The Bertz CT molecular complexity index is 510. The number of nitrogens with two attached hydrogens (primary N) is 1. The molecule has 1 aromatic rings. The molecule has 4 nitrogen and oxygen atoms in total. The molecule has 20 heavy (non-hydrogen) atoms. The number of hydrogen-bond donors (Lipinski definition) is 2. The molecule has 1 heterocycles. The van der Waals surface area contributed by atoms with Gasteiger partial charge in [0.1, 0.15) is 5.84 Å². The molecular formula is C15H20N4S. The number of hydrazone groups is 1. The van der Waals surface area contributed by atoms with Crippen molar-refractivity contribution in [2.75, 3.05) is 11.6 Å². The second-order valence-corrected chi connectivity index (χ2v) is 5.11. The highest BCUT2D eigenvalue weighted by Gasteiger charge is 2.20. The fraction of sp³-hybridized carbons (Fsp3) is 0.333. The third-order valence-electron chi connectivity index (χ3n) is 3.09. The quantitative estimate of drug-likeness (QED) is 0.646. The van der Waals surface area contributed by atoms with Gasteiger partial charge in [-0.2, -0.15) is 5.10 Å². The molecule has 2 rings (SSSR count). The summed E-state index contributed by atoms with van der Waals surface area (Å²) in [5.74, 6) is 0.409. The Hall–Kier alpha value is -1.88. The van der Waals surface area contributed by atoms with Gasteiger partial charge in [0.25, 0.3) is 0 Å². The summed E-state index contributed by atoms with van der Waals surface area (Å²) in [6.07, 6.45) is 6.13. The van der Waals surface area contributed by atoms with Crippen LogP contribution >= 0.6 is 12.2 Å². The average Bonchev–Trinajstić information content (AvgIpc) is 2.48. The third kappa shape index (κ3) is 3.57. The van der Waals surface area contributed by atoms with Gasteiger partial charge in [-0.1, -0.05) is 43.8 Å². The highest BCUT2D eigenvalue weighted by molar-refractivity contribution is 7.80. The van der Waals surface area contributed by atoms with E-state index in [2.05, 4.69) is 17.3 Å². The van der Waals surface area contributed by atoms with Crippen molar-refractivity contribution in [3.05, 3.63) is 42.6 Å². The van der Waals surface area contributed by atoms with Crippen LogP contribution in [-0.4, -0.2) is 17.4 Å². The SMILES string of the molecule is CCCCNC(=S)C1C=CN(c2ccccc2)N=C1N. The Morgan fingerprint density at radius 3 is 2.80 bits per heavy atom. The molecule has 0 fully saturated rings. The van der Waals surface area contributed by atoms with Gasteiger partial charge in [0.05, 0.1) is 16.6 Å². The van der Waals surface area contributed by atoms with Crippen molar-refractivity contribution in [1.82, 2.24) is 5.32 Å². The minimum absolute atomic E-state index is 0.109. The molecule has 5 heteroatoms. The minimum Gasteiger partial charge on any atom is -0.385 e. The zero-order chi connectivity index (χ0) is 14.4. The number of benzene rings is 1. The van der Waals surface area contributed by atoms with E-state index in [1.165, 1.54) is 0 Å². The average molecular weight is 288 g/mol. The molecule has 1 aromatic carbocycles. The van der Waals surface area contributed by atoms with Crippen LogP contribution in [0.1, 0.15) is 19.8 Å². The summed E-state index contributed by atoms with van der Waals surface area (Å²) in [5, 5.41) is 9.40. The standard InChI is InChI=1S/C15H20N4S/c1-2-3-10-17-15(20)13-9-11-19(18-14(13)16)12-7-5-4-6-8-12/h4-9,11,13H,2-3,10H2,1H3,(H2,16,18)(H,17,20). The normalized spacial score (nSPS) is 17.8. The first-order valence-corrected chi connectivity index (χ1v) is 7.27. The number of hydrogen-bond acceptors (Lipinski definition) is 4. The summed E-state index contributed by atoms with van der Waals surface area (Å²) in [5.41, 5.74) is 7.02. The summed E-state index contributed by atoms with van der Waals surface area (Å²) in [4.78, 5) is 0.740. The summed E-state index contributed by atoms with van der Waals surface area (Å²) < 4.78 is 0. The number of nitrogens with one attached hydrogen (secondary N) is 1. The number of nitrogens with zero attached hydrogens (tertiary/aromatic N) is 2. The summed E-state index contributed by atoms with van der Waals surface area (Å²) in [6, 6.07) is 9.88. The van der Waals surface area contributed by atoms with E-state index in [1.807, 2.05) is 42.6 Å². The lowest BCUT2D eigenvalue weighted by atomic mass is 10.1. The lowest BCUT2D eigenvalue weighted by molar-refractivity contribution is 0.749. The first-order chi connectivity index (χ1) is 9.72. The van der Waals surface area contributed by atoms with Gasteiger partial charge in [-0.25, -0.2) is 5.01 Å². The molecule has 1 aliphatic rings. The molecule has 0 bridgehead atoms. The molecule has 0 spiro atoms. The maximum absolute atomic E-state index is 6.04. The van der Waals surface area contributed by atoms with E-state index >= 15 is 0 Å². The van der Waals surface area contributed by atoms with Gasteiger partial charge in [0, 0.05) is 12.7 Å². The summed E-state index contributed by atoms with van der Waals surface area (Å²) >= 11 is 5.38. The number of amidine groups is 1. The molecule has 3 N–H and O–H groups in total. The van der Waals surface area contributed by atoms with Crippen LogP contribution in [0, 0.1) is 5.92 Å². The van der Waals surface area contributed by atoms with E-state index in [9.17, 15) is 0 Å². The lowest BCUT2D eigenvalue weighted by Crippen LogP contribution is -2.40. The Labute approximate surface area is 125 Å². The lowest BCUT2D eigenvalue weighted by Gasteiger charge is -2.24. The van der Waals surface area contributed by atoms with Crippen LogP contribution in [0.4, 0.5) is 5.69 Å². The smallest absolute Gasteiger partial charge is 0.134 e. The topological polar surface area (TPSA) is 53.6 Å². The molecule has 106 valence electrons. The Balaban J connectivity index is 2.01. The molecule has 1 atom stereocenters. The minimum atomic E-state index is -0.109. The van der Waals surface area contributed by atoms with Gasteiger partial charge in [0.15, 0.2) is 0 Å². The van der Waals surface area contributed by atoms with Crippen molar-refractivity contribution >= 4 is 28.7 Å². The van der Waals surface area contributed by atoms with Crippen LogP contribution in [0.15, 0.2) is 47.7 Å². The van der Waals surface area contributed by atoms with Crippen molar-refractivity contribution in [2.24, 2.45) is 16.8 Å². The van der Waals surface area contributed by atoms with E-state index in [-0.39, 0.29) is 5.92 Å². The highest BCUT2D eigenvalue weighted by atomic mass is 32.1. The molecule has 0 saturated heterocycles. The van der Waals surface area contributed by atoms with E-state index in [0.29, 0.717) is 5.84 Å². The Morgan fingerprint density at radius 2 is 2.15 bits per heavy atom. The maximum Gasteiger partial charge on any atom is 0.134 e. The largest absolute Gasteiger partial charge is 0.385 e. The third-order valence-corrected chi connectivity index (χ3v) is 3.49. The van der Waals surface area contributed by atoms with Gasteiger partial charge < -0.3 is 11.1 Å². The molecule has 0 radical (unpaired) electrons. The second kappa shape index (κ2) is 7.05. The monoisotopic (exact) mass is 288 g/mol. The second-order valence-electron chi connectivity index (χ2n) is 4.67. The van der Waals surface area contributed by atoms with Gasteiger partial charge in [0.2, 0.25) is 0 Å². The molecule has 0 aliphatic carbocycles. The van der Waals surface area contributed by atoms with E-state index in [1.54, 1.807) is 5.01 Å². The first kappa shape index (κ1) is 14.5. The molecule has 0 aromatic heterocycles. The fourth-order valence-electron chi connectivity index (χ4n) is 1.93. The molecule has 0 amide bonds. The zero-order valence-electron chi connectivity index (χ0n) is 11.6. The van der Waals surface area contributed by atoms with Crippen molar-refractivity contribution < 1.29 is 0 Å². The van der Waals surface area contributed by atoms with E-state index in [0.717, 1.165) is 30.1 Å². The van der Waals surface area contributed by atoms with Crippen molar-refractivity contribution in [1.29, 1.82) is 0 Å². The summed E-state index contributed by atoms with van der Waals surface area (Å²) in [7, 11) is 0. The Kier molecular flexibility index (Phi) is 5.12. The van der Waals surface area contributed by atoms with Crippen LogP contribution in [-0.2, 0) is 0 Å². The van der Waals surface area contributed by atoms with E-state index in [4.69, 9.17) is 18.0 Å². The zero-order valence-corrected chi connectivity index (χ0v) is 12.4. The number of anilines is 1. The number of rotatable bonds is 5. The van der Waals surface area contributed by atoms with Crippen molar-refractivity contribution in [3.8, 4) is 0 Å². The van der Waals surface area contributed by atoms with Crippen molar-refractivity contribution in [2.45, 2.75) is 19.8 Å². The van der Waals surface area contributed by atoms with Gasteiger partial charge in [-0.15, -0.1) is 0 Å². The van der Waals surface area contributed by atoms with Gasteiger partial charge in [-0.3, -0.25) is 0 Å². The van der Waals surface area contributed by atoms with Crippen LogP contribution in [0.2, 0.25) is 0 Å². The van der Waals surface area contributed by atoms with Crippen LogP contribution in [0.3, 0.4) is 0 Å². The maximum atomic E-state index is 6.04. The molecule has 1 aliphatic heterocycles.